The molecule has 0 bridgehead atoms. The molecule has 0 saturated carbocycles. The Bertz CT molecular complexity index is 607. The van der Waals surface area contributed by atoms with E-state index in [4.69, 9.17) is 13.2 Å². The van der Waals surface area contributed by atoms with Crippen LogP contribution in [0.1, 0.15) is 20.8 Å². The quantitative estimate of drug-likeness (QED) is 0.354. The van der Waals surface area contributed by atoms with E-state index in [9.17, 15) is 13.0 Å². The molecule has 0 heterocycles. The second-order valence-corrected chi connectivity index (χ2v) is 8.91. The van der Waals surface area contributed by atoms with Crippen molar-refractivity contribution in [3.63, 3.8) is 0 Å². The van der Waals surface area contributed by atoms with Gasteiger partial charge in [0.15, 0.2) is 6.35 Å². The summed E-state index contributed by atoms with van der Waals surface area (Å²) in [5.74, 6) is 0.725. The van der Waals surface area contributed by atoms with Crippen LogP contribution in [0.4, 0.5) is 0 Å². The zero-order valence-corrected chi connectivity index (χ0v) is 15.4. The van der Waals surface area contributed by atoms with E-state index < -0.39 is 24.1 Å². The molecule has 1 aromatic rings. The normalized spacial score (nSPS) is 12.5. The number of rotatable bonds is 10. The minimum absolute atomic E-state index is 0.0568. The van der Waals surface area contributed by atoms with Gasteiger partial charge < -0.3 is 9.05 Å². The maximum atomic E-state index is 12.3. The van der Waals surface area contributed by atoms with Crippen LogP contribution >= 0.6 is 19.4 Å². The summed E-state index contributed by atoms with van der Waals surface area (Å²) in [4.78, 5) is 0.647. The third kappa shape index (κ3) is 5.68. The van der Waals surface area contributed by atoms with Crippen molar-refractivity contribution in [1.29, 1.82) is 0 Å². The molecule has 9 heteroatoms. The van der Waals surface area contributed by atoms with E-state index in [-0.39, 0.29) is 18.1 Å². The van der Waals surface area contributed by atoms with Gasteiger partial charge in [0.25, 0.3) is 10.1 Å². The Morgan fingerprint density at radius 2 is 1.68 bits per heavy atom. The third-order valence-corrected chi connectivity index (χ3v) is 6.77. The van der Waals surface area contributed by atoms with Gasteiger partial charge in [0.05, 0.1) is 13.2 Å². The van der Waals surface area contributed by atoms with E-state index in [1.165, 1.54) is 17.8 Å². The van der Waals surface area contributed by atoms with E-state index in [1.807, 2.05) is 6.92 Å². The second-order valence-electron chi connectivity index (χ2n) is 4.03. The van der Waals surface area contributed by atoms with Crippen molar-refractivity contribution in [3.05, 3.63) is 24.3 Å². The van der Waals surface area contributed by atoms with Gasteiger partial charge in [-0.05, 0) is 31.7 Å². The van der Waals surface area contributed by atoms with Crippen LogP contribution in [0, 0.1) is 0 Å². The fourth-order valence-corrected chi connectivity index (χ4v) is 5.58. The molecular formula is C13H21O6PS2. The molecule has 0 saturated heterocycles. The first-order chi connectivity index (χ1) is 10.4. The zero-order chi connectivity index (χ0) is 16.6. The van der Waals surface area contributed by atoms with Crippen LogP contribution in [0.2, 0.25) is 0 Å². The second kappa shape index (κ2) is 9.05. The summed E-state index contributed by atoms with van der Waals surface area (Å²) in [6.07, 6.45) is -0.637. The lowest BCUT2D eigenvalue weighted by Gasteiger charge is -2.17. The highest BCUT2D eigenvalue weighted by atomic mass is 32.2. The fraction of sp³-hybridized carbons (Fsp3) is 0.538. The van der Waals surface area contributed by atoms with Crippen LogP contribution in [0.25, 0.3) is 0 Å². The minimum atomic E-state index is -4.04. The third-order valence-electron chi connectivity index (χ3n) is 2.44. The number of hydrogen-bond acceptors (Lipinski definition) is 7. The van der Waals surface area contributed by atoms with E-state index in [1.54, 1.807) is 32.0 Å². The molecule has 1 rings (SSSR count). The molecule has 0 aromatic heterocycles. The van der Waals surface area contributed by atoms with Crippen molar-refractivity contribution in [3.8, 4) is 0 Å². The van der Waals surface area contributed by atoms with Crippen LogP contribution in [-0.4, -0.2) is 33.7 Å². The SMILES string of the molecule is CCOP(=O)(COS(=O)(=O)c1ccccc1SCC)OCC. The molecule has 0 aliphatic carbocycles. The lowest BCUT2D eigenvalue weighted by Crippen LogP contribution is -2.11. The maximum absolute atomic E-state index is 12.3. The van der Waals surface area contributed by atoms with Gasteiger partial charge in [-0.3, -0.25) is 8.75 Å². The summed E-state index contributed by atoms with van der Waals surface area (Å²) in [6.45, 7) is 5.50. The molecule has 0 atom stereocenters. The average molecular weight is 368 g/mol. The predicted molar refractivity (Wildman–Crippen MR) is 86.8 cm³/mol. The first-order valence-corrected chi connectivity index (χ1v) is 11.0. The van der Waals surface area contributed by atoms with Gasteiger partial charge in [-0.1, -0.05) is 19.1 Å². The van der Waals surface area contributed by atoms with Crippen molar-refractivity contribution in [2.75, 3.05) is 25.3 Å². The highest BCUT2D eigenvalue weighted by Gasteiger charge is 2.29. The molecule has 1 aromatic carbocycles. The standard InChI is InChI=1S/C13H21O6PS2/c1-4-17-20(14,18-5-2)11-19-22(15,16)13-10-8-7-9-12(13)21-6-3/h7-10H,4-6,11H2,1-3H3. The molecule has 0 amide bonds. The summed E-state index contributed by atoms with van der Waals surface area (Å²) in [5, 5.41) is 0. The average Bonchev–Trinajstić information content (AvgIpc) is 2.47. The molecular weight excluding hydrogens is 347 g/mol. The lowest BCUT2D eigenvalue weighted by molar-refractivity contribution is 0.198. The Kier molecular flexibility index (Phi) is 8.10. The van der Waals surface area contributed by atoms with Gasteiger partial charge in [-0.25, -0.2) is 0 Å². The van der Waals surface area contributed by atoms with Crippen molar-refractivity contribution < 1.29 is 26.2 Å². The van der Waals surface area contributed by atoms with Crippen LogP contribution < -0.4 is 0 Å². The van der Waals surface area contributed by atoms with Crippen LogP contribution in [-0.2, 0) is 27.9 Å². The van der Waals surface area contributed by atoms with Gasteiger partial charge >= 0.3 is 7.60 Å². The Morgan fingerprint density at radius 1 is 1.09 bits per heavy atom. The number of benzene rings is 1. The van der Waals surface area contributed by atoms with Crippen molar-refractivity contribution in [2.45, 2.75) is 30.6 Å². The van der Waals surface area contributed by atoms with E-state index in [0.29, 0.717) is 4.90 Å². The van der Waals surface area contributed by atoms with Gasteiger partial charge in [0, 0.05) is 4.90 Å². The Morgan fingerprint density at radius 3 is 2.23 bits per heavy atom. The molecule has 22 heavy (non-hydrogen) atoms. The van der Waals surface area contributed by atoms with Gasteiger partial charge in [0.2, 0.25) is 0 Å². The fourth-order valence-electron chi connectivity index (χ4n) is 1.63. The topological polar surface area (TPSA) is 78.9 Å². The van der Waals surface area contributed by atoms with E-state index >= 15 is 0 Å². The number of hydrogen-bond donors (Lipinski definition) is 0. The highest BCUT2D eigenvalue weighted by molar-refractivity contribution is 8.00. The molecule has 0 fully saturated rings. The summed E-state index contributed by atoms with van der Waals surface area (Å²) >= 11 is 1.39. The summed E-state index contributed by atoms with van der Waals surface area (Å²) in [5.41, 5.74) is 0. The maximum Gasteiger partial charge on any atom is 0.357 e. The van der Waals surface area contributed by atoms with Crippen LogP contribution in [0.5, 0.6) is 0 Å². The largest absolute Gasteiger partial charge is 0.357 e. The van der Waals surface area contributed by atoms with Crippen LogP contribution in [0.15, 0.2) is 34.1 Å². The highest BCUT2D eigenvalue weighted by Crippen LogP contribution is 2.48. The first kappa shape index (κ1) is 19.7. The van der Waals surface area contributed by atoms with Crippen molar-refractivity contribution >= 4 is 29.5 Å². The molecule has 0 spiro atoms. The monoisotopic (exact) mass is 368 g/mol. The summed E-state index contributed by atoms with van der Waals surface area (Å²) in [7, 11) is -7.61. The van der Waals surface area contributed by atoms with Gasteiger partial charge in [0.1, 0.15) is 4.90 Å². The van der Waals surface area contributed by atoms with E-state index in [0.717, 1.165) is 5.75 Å². The molecule has 126 valence electrons. The Hall–Kier alpha value is -0.370. The van der Waals surface area contributed by atoms with Crippen molar-refractivity contribution in [1.82, 2.24) is 0 Å². The molecule has 6 nitrogen and oxygen atoms in total. The molecule has 0 radical (unpaired) electrons. The van der Waals surface area contributed by atoms with Gasteiger partial charge in [-0.2, -0.15) is 8.42 Å². The number of thioether (sulfide) groups is 1. The van der Waals surface area contributed by atoms with Crippen LogP contribution in [0.3, 0.4) is 0 Å². The first-order valence-electron chi connectivity index (χ1n) is 6.88. The smallest absolute Gasteiger partial charge is 0.307 e. The summed E-state index contributed by atoms with van der Waals surface area (Å²) in [6, 6.07) is 6.53. The molecule has 0 aliphatic heterocycles. The predicted octanol–water partition coefficient (Wildman–Crippen LogP) is 3.73. The van der Waals surface area contributed by atoms with Gasteiger partial charge in [-0.15, -0.1) is 11.8 Å². The lowest BCUT2D eigenvalue weighted by atomic mass is 10.4. The Balaban J connectivity index is 2.94. The van der Waals surface area contributed by atoms with Crippen molar-refractivity contribution in [2.24, 2.45) is 0 Å². The minimum Gasteiger partial charge on any atom is -0.307 e. The summed E-state index contributed by atoms with van der Waals surface area (Å²) < 4.78 is 51.8. The Labute approximate surface area is 136 Å². The zero-order valence-electron chi connectivity index (χ0n) is 12.9. The molecule has 0 unspecified atom stereocenters. The molecule has 0 N–H and O–H groups in total. The molecule has 0 aliphatic rings. The van der Waals surface area contributed by atoms with E-state index in [2.05, 4.69) is 0 Å².